The van der Waals surface area contributed by atoms with Crippen LogP contribution >= 0.6 is 0 Å². The molecule has 1 aromatic carbocycles. The zero-order valence-electron chi connectivity index (χ0n) is 11.9. The van der Waals surface area contributed by atoms with Crippen LogP contribution in [0.5, 0.6) is 11.5 Å². The summed E-state index contributed by atoms with van der Waals surface area (Å²) in [6, 6.07) is 11.5. The van der Waals surface area contributed by atoms with Crippen molar-refractivity contribution < 1.29 is 9.47 Å². The van der Waals surface area contributed by atoms with Gasteiger partial charge in [0.1, 0.15) is 11.5 Å². The smallest absolute Gasteiger partial charge is 0.141 e. The van der Waals surface area contributed by atoms with Gasteiger partial charge in [0.05, 0.1) is 25.5 Å². The van der Waals surface area contributed by atoms with Gasteiger partial charge in [-0.3, -0.25) is 4.98 Å². The third kappa shape index (κ3) is 3.71. The standard InChI is InChI=1S/C16H20N2O2/c1-12-5-3-6-13(11-12)20-10-8-14(17)16-15(19-2)7-4-9-18-16/h3-7,9,11,14H,8,10,17H2,1-2H3. The van der Waals surface area contributed by atoms with Crippen LogP contribution in [0.2, 0.25) is 0 Å². The van der Waals surface area contributed by atoms with Crippen molar-refractivity contribution >= 4 is 0 Å². The third-order valence-corrected chi connectivity index (χ3v) is 3.06. The zero-order valence-corrected chi connectivity index (χ0v) is 11.9. The first-order valence-electron chi connectivity index (χ1n) is 6.64. The normalized spacial score (nSPS) is 11.9. The Labute approximate surface area is 119 Å². The predicted molar refractivity (Wildman–Crippen MR) is 79.0 cm³/mol. The molecule has 1 aromatic heterocycles. The number of hydrogen-bond donors (Lipinski definition) is 1. The van der Waals surface area contributed by atoms with Gasteiger partial charge in [-0.2, -0.15) is 0 Å². The lowest BCUT2D eigenvalue weighted by Crippen LogP contribution is -2.16. The van der Waals surface area contributed by atoms with E-state index in [0.717, 1.165) is 17.2 Å². The van der Waals surface area contributed by atoms with E-state index < -0.39 is 0 Å². The number of rotatable bonds is 6. The van der Waals surface area contributed by atoms with Gasteiger partial charge >= 0.3 is 0 Å². The molecule has 0 spiro atoms. The lowest BCUT2D eigenvalue weighted by molar-refractivity contribution is 0.295. The highest BCUT2D eigenvalue weighted by Crippen LogP contribution is 2.23. The van der Waals surface area contributed by atoms with Gasteiger partial charge in [-0.1, -0.05) is 12.1 Å². The summed E-state index contributed by atoms with van der Waals surface area (Å²) in [6.07, 6.45) is 2.40. The molecule has 0 bridgehead atoms. The molecule has 0 aliphatic rings. The van der Waals surface area contributed by atoms with Crippen LogP contribution in [0.4, 0.5) is 0 Å². The molecule has 2 rings (SSSR count). The molecule has 0 radical (unpaired) electrons. The second-order valence-corrected chi connectivity index (χ2v) is 4.65. The van der Waals surface area contributed by atoms with E-state index in [1.165, 1.54) is 5.56 Å². The van der Waals surface area contributed by atoms with Crippen LogP contribution in [0, 0.1) is 6.92 Å². The molecule has 0 aliphatic heterocycles. The number of hydrogen-bond acceptors (Lipinski definition) is 4. The van der Waals surface area contributed by atoms with E-state index in [9.17, 15) is 0 Å². The molecule has 4 nitrogen and oxygen atoms in total. The van der Waals surface area contributed by atoms with Crippen molar-refractivity contribution in [3.8, 4) is 11.5 Å². The Balaban J connectivity index is 1.90. The Kier molecular flexibility index (Phi) is 4.96. The van der Waals surface area contributed by atoms with Crippen LogP contribution < -0.4 is 15.2 Å². The molecule has 2 aromatic rings. The Morgan fingerprint density at radius 3 is 2.85 bits per heavy atom. The quantitative estimate of drug-likeness (QED) is 0.878. The third-order valence-electron chi connectivity index (χ3n) is 3.06. The molecule has 0 saturated carbocycles. The highest BCUT2D eigenvalue weighted by Gasteiger charge is 2.13. The van der Waals surface area contributed by atoms with Crippen molar-refractivity contribution in [1.82, 2.24) is 4.98 Å². The fourth-order valence-corrected chi connectivity index (χ4v) is 2.00. The average Bonchev–Trinajstić information content (AvgIpc) is 2.47. The Bertz CT molecular complexity index is 558. The van der Waals surface area contributed by atoms with Crippen LogP contribution in [0.3, 0.4) is 0 Å². The van der Waals surface area contributed by atoms with Gasteiger partial charge in [0.2, 0.25) is 0 Å². The van der Waals surface area contributed by atoms with Crippen molar-refractivity contribution in [2.45, 2.75) is 19.4 Å². The maximum atomic E-state index is 6.14. The molecule has 4 heteroatoms. The second kappa shape index (κ2) is 6.91. The van der Waals surface area contributed by atoms with Gasteiger partial charge in [-0.25, -0.2) is 0 Å². The number of aromatic nitrogens is 1. The number of pyridine rings is 1. The molecular formula is C16H20N2O2. The molecular weight excluding hydrogens is 252 g/mol. The second-order valence-electron chi connectivity index (χ2n) is 4.65. The number of benzene rings is 1. The largest absolute Gasteiger partial charge is 0.495 e. The van der Waals surface area contributed by atoms with Crippen LogP contribution in [0.1, 0.15) is 23.7 Å². The summed E-state index contributed by atoms with van der Waals surface area (Å²) in [6.45, 7) is 2.59. The van der Waals surface area contributed by atoms with E-state index in [0.29, 0.717) is 13.0 Å². The van der Waals surface area contributed by atoms with Gasteiger partial charge in [-0.15, -0.1) is 0 Å². The molecule has 1 unspecified atom stereocenters. The summed E-state index contributed by atoms with van der Waals surface area (Å²) in [5, 5.41) is 0. The van der Waals surface area contributed by atoms with E-state index >= 15 is 0 Å². The number of nitrogens with zero attached hydrogens (tertiary/aromatic N) is 1. The predicted octanol–water partition coefficient (Wildman–Crippen LogP) is 2.87. The van der Waals surface area contributed by atoms with Crippen molar-refractivity contribution in [3.63, 3.8) is 0 Å². The first-order chi connectivity index (χ1) is 9.70. The van der Waals surface area contributed by atoms with Gasteiger partial charge in [-0.05, 0) is 36.8 Å². The topological polar surface area (TPSA) is 57.4 Å². The minimum Gasteiger partial charge on any atom is -0.495 e. The monoisotopic (exact) mass is 272 g/mol. The maximum Gasteiger partial charge on any atom is 0.141 e. The fourth-order valence-electron chi connectivity index (χ4n) is 2.00. The summed E-state index contributed by atoms with van der Waals surface area (Å²) in [5.41, 5.74) is 8.09. The number of aryl methyl sites for hydroxylation is 1. The minimum absolute atomic E-state index is 0.198. The SMILES string of the molecule is COc1cccnc1C(N)CCOc1cccc(C)c1. The summed E-state index contributed by atoms with van der Waals surface area (Å²) < 4.78 is 11.0. The number of ether oxygens (including phenoxy) is 2. The molecule has 1 atom stereocenters. The van der Waals surface area contributed by atoms with Gasteiger partial charge in [0, 0.05) is 12.6 Å². The van der Waals surface area contributed by atoms with Crippen molar-refractivity contribution in [1.29, 1.82) is 0 Å². The van der Waals surface area contributed by atoms with E-state index in [2.05, 4.69) is 4.98 Å². The average molecular weight is 272 g/mol. The van der Waals surface area contributed by atoms with Crippen LogP contribution in [0.25, 0.3) is 0 Å². The molecule has 0 amide bonds. The van der Waals surface area contributed by atoms with Gasteiger partial charge in [0.15, 0.2) is 0 Å². The molecule has 0 aliphatic carbocycles. The maximum absolute atomic E-state index is 6.14. The van der Waals surface area contributed by atoms with Crippen molar-refractivity contribution in [2.75, 3.05) is 13.7 Å². The summed E-state index contributed by atoms with van der Waals surface area (Å²) in [5.74, 6) is 1.58. The molecule has 2 N–H and O–H groups in total. The summed E-state index contributed by atoms with van der Waals surface area (Å²) in [7, 11) is 1.62. The highest BCUT2D eigenvalue weighted by atomic mass is 16.5. The molecule has 1 heterocycles. The van der Waals surface area contributed by atoms with Gasteiger partial charge in [0.25, 0.3) is 0 Å². The Morgan fingerprint density at radius 1 is 1.25 bits per heavy atom. The van der Waals surface area contributed by atoms with Crippen LogP contribution in [-0.2, 0) is 0 Å². The van der Waals surface area contributed by atoms with E-state index in [1.807, 2.05) is 43.3 Å². The first kappa shape index (κ1) is 14.3. The lowest BCUT2D eigenvalue weighted by Gasteiger charge is -2.15. The minimum atomic E-state index is -0.198. The molecule has 0 fully saturated rings. The summed E-state index contributed by atoms with van der Waals surface area (Å²) in [4.78, 5) is 4.28. The molecule has 106 valence electrons. The molecule has 0 saturated heterocycles. The van der Waals surface area contributed by atoms with Crippen molar-refractivity contribution in [3.05, 3.63) is 53.9 Å². The zero-order chi connectivity index (χ0) is 14.4. The Morgan fingerprint density at radius 2 is 2.10 bits per heavy atom. The van der Waals surface area contributed by atoms with Gasteiger partial charge < -0.3 is 15.2 Å². The van der Waals surface area contributed by atoms with Crippen LogP contribution in [-0.4, -0.2) is 18.7 Å². The lowest BCUT2D eigenvalue weighted by atomic mass is 10.1. The molecule has 20 heavy (non-hydrogen) atoms. The van der Waals surface area contributed by atoms with Crippen molar-refractivity contribution in [2.24, 2.45) is 5.73 Å². The number of nitrogens with two attached hydrogens (primary N) is 1. The highest BCUT2D eigenvalue weighted by molar-refractivity contribution is 5.29. The Hall–Kier alpha value is -2.07. The van der Waals surface area contributed by atoms with E-state index in [1.54, 1.807) is 13.3 Å². The first-order valence-corrected chi connectivity index (χ1v) is 6.64. The number of methoxy groups -OCH3 is 1. The summed E-state index contributed by atoms with van der Waals surface area (Å²) >= 11 is 0. The van der Waals surface area contributed by atoms with E-state index in [-0.39, 0.29) is 6.04 Å². The fraction of sp³-hybridized carbons (Fsp3) is 0.312. The van der Waals surface area contributed by atoms with E-state index in [4.69, 9.17) is 15.2 Å². The van der Waals surface area contributed by atoms with Crippen LogP contribution in [0.15, 0.2) is 42.6 Å².